The Hall–Kier alpha value is -3.57. The van der Waals surface area contributed by atoms with Crippen molar-refractivity contribution in [2.24, 2.45) is 0 Å². The number of likely N-dealkylation sites (N-methyl/N-ethyl adjacent to an activating group) is 1. The van der Waals surface area contributed by atoms with Gasteiger partial charge in [0.1, 0.15) is 5.69 Å². The Bertz CT molecular complexity index is 1010. The first-order valence-corrected chi connectivity index (χ1v) is 10.6. The van der Waals surface area contributed by atoms with Gasteiger partial charge >= 0.3 is 11.9 Å². The minimum absolute atomic E-state index is 0.306. The van der Waals surface area contributed by atoms with Crippen molar-refractivity contribution >= 4 is 29.2 Å². The van der Waals surface area contributed by atoms with Crippen molar-refractivity contribution in [3.63, 3.8) is 0 Å². The molecule has 0 saturated heterocycles. The lowest BCUT2D eigenvalue weighted by Gasteiger charge is -2.17. The van der Waals surface area contributed by atoms with Crippen LogP contribution in [0.25, 0.3) is 0 Å². The lowest BCUT2D eigenvalue weighted by atomic mass is 10.1. The van der Waals surface area contributed by atoms with E-state index in [4.69, 9.17) is 31.3 Å². The summed E-state index contributed by atoms with van der Waals surface area (Å²) >= 11 is 5.96. The average Bonchev–Trinajstić information content (AvgIpc) is 2.80. The van der Waals surface area contributed by atoms with Crippen LogP contribution in [-0.4, -0.2) is 78.2 Å². The van der Waals surface area contributed by atoms with Crippen molar-refractivity contribution in [1.82, 2.24) is 15.1 Å². The molecule has 11 nitrogen and oxygen atoms in total. The molecule has 0 fully saturated rings. The van der Waals surface area contributed by atoms with Crippen LogP contribution in [0.3, 0.4) is 0 Å². The molecule has 0 radical (unpaired) electrons. The summed E-state index contributed by atoms with van der Waals surface area (Å²) in [5.74, 6) is -1.03. The summed E-state index contributed by atoms with van der Waals surface area (Å²) < 4.78 is 10.6. The zero-order valence-electron chi connectivity index (χ0n) is 19.2. The molecule has 12 heteroatoms. The Morgan fingerprint density at radius 2 is 1.79 bits per heavy atom. The summed E-state index contributed by atoms with van der Waals surface area (Å²) in [6.07, 6.45) is 4.34. The fourth-order valence-corrected chi connectivity index (χ4v) is 2.92. The first-order chi connectivity index (χ1) is 16.2. The summed E-state index contributed by atoms with van der Waals surface area (Å²) in [5, 5.41) is 25.0. The Labute approximate surface area is 202 Å². The Morgan fingerprint density at radius 3 is 2.35 bits per heavy atom. The molecule has 1 heterocycles. The number of carboxylic acids is 2. The monoisotopic (exact) mass is 496 g/mol. The van der Waals surface area contributed by atoms with Crippen LogP contribution in [0.15, 0.2) is 41.3 Å². The number of aromatic nitrogens is 2. The van der Waals surface area contributed by atoms with E-state index < -0.39 is 11.9 Å². The maximum Gasteiger partial charge on any atom is 0.328 e. The molecule has 0 aliphatic rings. The molecular formula is C22H29ClN4O7. The number of aromatic amines is 1. The number of hydrogen-bond acceptors (Lipinski definition) is 8. The number of H-pyrrole nitrogens is 1. The number of carboxylic acid groups (broad SMARTS) is 2. The third-order valence-corrected chi connectivity index (χ3v) is 4.71. The maximum atomic E-state index is 11.6. The number of nitrogens with zero attached hydrogens (tertiary/aromatic N) is 2. The molecule has 0 amide bonds. The molecule has 0 saturated carbocycles. The summed E-state index contributed by atoms with van der Waals surface area (Å²) in [6, 6.07) is 5.98. The van der Waals surface area contributed by atoms with E-state index in [1.54, 1.807) is 14.2 Å². The summed E-state index contributed by atoms with van der Waals surface area (Å²) in [4.78, 5) is 33.0. The van der Waals surface area contributed by atoms with E-state index in [0.29, 0.717) is 29.4 Å². The van der Waals surface area contributed by atoms with Crippen molar-refractivity contribution in [3.8, 4) is 11.5 Å². The van der Waals surface area contributed by atoms with Crippen molar-refractivity contribution < 1.29 is 29.3 Å². The summed E-state index contributed by atoms with van der Waals surface area (Å²) in [7, 11) is 5.35. The van der Waals surface area contributed by atoms with Gasteiger partial charge in [0, 0.05) is 25.2 Å². The van der Waals surface area contributed by atoms with Gasteiger partial charge in [0.25, 0.3) is 5.56 Å². The van der Waals surface area contributed by atoms with Gasteiger partial charge in [-0.25, -0.2) is 14.7 Å². The van der Waals surface area contributed by atoms with E-state index in [1.165, 1.54) is 11.8 Å². The lowest BCUT2D eigenvalue weighted by molar-refractivity contribution is -0.134. The number of nitrogens with one attached hydrogen (secondary N) is 2. The highest BCUT2D eigenvalue weighted by Gasteiger charge is 2.07. The number of benzene rings is 1. The van der Waals surface area contributed by atoms with Gasteiger partial charge in [-0.1, -0.05) is 17.7 Å². The molecule has 0 bridgehead atoms. The van der Waals surface area contributed by atoms with Gasteiger partial charge < -0.3 is 29.9 Å². The number of halogens is 1. The van der Waals surface area contributed by atoms with Gasteiger partial charge in [0.05, 0.1) is 25.4 Å². The van der Waals surface area contributed by atoms with E-state index in [0.717, 1.165) is 37.4 Å². The quantitative estimate of drug-likeness (QED) is 0.253. The standard InChI is InChI=1S/C18H25ClN4O3.C4H4O4/c1-23(9-4-8-20-17-14(19)12-21-22-18(17)24)10-7-13-5-6-15(25-2)16(11-13)26-3;5-3(6)1-2-4(7)8/h5-6,11-12H,4,7-10H2,1-3H3,(H,20,21)(H,22,24);1-2H,(H,5,6)(H,7,8)/b;2-1+. The second kappa shape index (κ2) is 15.3. The van der Waals surface area contributed by atoms with E-state index in [2.05, 4.69) is 33.5 Å². The molecule has 0 spiro atoms. The molecule has 186 valence electrons. The first kappa shape index (κ1) is 28.5. The van der Waals surface area contributed by atoms with Crippen molar-refractivity contribution in [2.45, 2.75) is 12.8 Å². The highest BCUT2D eigenvalue weighted by atomic mass is 35.5. The van der Waals surface area contributed by atoms with Crippen molar-refractivity contribution in [2.75, 3.05) is 46.2 Å². The van der Waals surface area contributed by atoms with Gasteiger partial charge in [-0.15, -0.1) is 0 Å². The Morgan fingerprint density at radius 1 is 1.15 bits per heavy atom. The minimum atomic E-state index is -1.26. The van der Waals surface area contributed by atoms with Gasteiger partial charge in [-0.3, -0.25) is 4.79 Å². The number of carbonyl (C=O) groups is 2. The van der Waals surface area contributed by atoms with Crippen molar-refractivity contribution in [1.29, 1.82) is 0 Å². The second-order valence-electron chi connectivity index (χ2n) is 6.95. The van der Waals surface area contributed by atoms with E-state index >= 15 is 0 Å². The summed E-state index contributed by atoms with van der Waals surface area (Å²) in [6.45, 7) is 2.49. The Kier molecular flexibility index (Phi) is 12.8. The smallest absolute Gasteiger partial charge is 0.328 e. The molecule has 0 unspecified atom stereocenters. The van der Waals surface area contributed by atoms with Crippen LogP contribution in [-0.2, 0) is 16.0 Å². The van der Waals surface area contributed by atoms with E-state index in [-0.39, 0.29) is 5.56 Å². The number of rotatable bonds is 12. The molecule has 2 aromatic rings. The van der Waals surface area contributed by atoms with Gasteiger partial charge in [0.2, 0.25) is 0 Å². The lowest BCUT2D eigenvalue weighted by Crippen LogP contribution is -2.25. The average molecular weight is 497 g/mol. The van der Waals surface area contributed by atoms with Gasteiger partial charge in [0.15, 0.2) is 11.5 Å². The normalized spacial score (nSPS) is 10.5. The molecule has 0 aliphatic carbocycles. The number of ether oxygens (including phenoxy) is 2. The van der Waals surface area contributed by atoms with Gasteiger partial charge in [-0.2, -0.15) is 5.10 Å². The van der Waals surface area contributed by atoms with Crippen LogP contribution in [0, 0.1) is 0 Å². The van der Waals surface area contributed by atoms with Crippen LogP contribution in [0.1, 0.15) is 12.0 Å². The van der Waals surface area contributed by atoms with Gasteiger partial charge in [-0.05, 0) is 44.1 Å². The molecule has 2 rings (SSSR count). The molecule has 0 aliphatic heterocycles. The van der Waals surface area contributed by atoms with E-state index in [9.17, 15) is 14.4 Å². The number of hydrogen-bond donors (Lipinski definition) is 4. The highest BCUT2D eigenvalue weighted by Crippen LogP contribution is 2.27. The Balaban J connectivity index is 0.000000620. The summed E-state index contributed by atoms with van der Waals surface area (Å²) in [5.41, 5.74) is 1.26. The number of anilines is 1. The molecule has 0 atom stereocenters. The topological polar surface area (TPSA) is 154 Å². The fraction of sp³-hybridized carbons (Fsp3) is 0.364. The third-order valence-electron chi connectivity index (χ3n) is 4.43. The molecular weight excluding hydrogens is 468 g/mol. The third kappa shape index (κ3) is 10.8. The zero-order valence-corrected chi connectivity index (χ0v) is 20.0. The zero-order chi connectivity index (χ0) is 25.5. The molecule has 1 aromatic carbocycles. The van der Waals surface area contributed by atoms with Crippen LogP contribution in [0.4, 0.5) is 5.69 Å². The molecule has 1 aromatic heterocycles. The molecule has 4 N–H and O–H groups in total. The minimum Gasteiger partial charge on any atom is -0.493 e. The molecule has 34 heavy (non-hydrogen) atoms. The van der Waals surface area contributed by atoms with Crippen LogP contribution in [0.2, 0.25) is 5.02 Å². The highest BCUT2D eigenvalue weighted by molar-refractivity contribution is 6.32. The second-order valence-corrected chi connectivity index (χ2v) is 7.36. The first-order valence-electron chi connectivity index (χ1n) is 10.2. The number of aliphatic carboxylic acids is 2. The SMILES string of the molecule is COc1ccc(CCN(C)CCCNc2c(Cl)cn[nH]c2=O)cc1OC.O=C(O)/C=C/C(=O)O. The predicted octanol–water partition coefficient (Wildman–Crippen LogP) is 2.13. The van der Waals surface area contributed by atoms with Crippen molar-refractivity contribution in [3.05, 3.63) is 57.5 Å². The predicted molar refractivity (Wildman–Crippen MR) is 128 cm³/mol. The number of methoxy groups -OCH3 is 2. The maximum absolute atomic E-state index is 11.6. The van der Waals surface area contributed by atoms with Crippen LogP contribution < -0.4 is 20.3 Å². The van der Waals surface area contributed by atoms with Crippen LogP contribution >= 0.6 is 11.6 Å². The largest absolute Gasteiger partial charge is 0.493 e. The van der Waals surface area contributed by atoms with Crippen LogP contribution in [0.5, 0.6) is 11.5 Å². The van der Waals surface area contributed by atoms with E-state index in [1.807, 2.05) is 12.1 Å². The fourth-order valence-electron chi connectivity index (χ4n) is 2.71.